The summed E-state index contributed by atoms with van der Waals surface area (Å²) in [5.41, 5.74) is -0.931. The second-order valence-electron chi connectivity index (χ2n) is 7.80. The third kappa shape index (κ3) is 2.62. The molecule has 1 saturated carbocycles. The van der Waals surface area contributed by atoms with Crippen LogP contribution in [-0.2, 0) is 33.2 Å². The summed E-state index contributed by atoms with van der Waals surface area (Å²) < 4.78 is 32.5. The molecule has 5 aliphatic rings. The lowest BCUT2D eigenvalue weighted by Gasteiger charge is -2.43. The van der Waals surface area contributed by atoms with E-state index in [-0.39, 0.29) is 5.57 Å². The van der Waals surface area contributed by atoms with E-state index < -0.39 is 85.5 Å². The van der Waals surface area contributed by atoms with Gasteiger partial charge in [0.25, 0.3) is 0 Å². The summed E-state index contributed by atoms with van der Waals surface area (Å²) in [4.78, 5) is 12.2. The molecular weight excluding hydrogens is 396 g/mol. The van der Waals surface area contributed by atoms with Crippen LogP contribution in [0.25, 0.3) is 0 Å². The molecule has 1 spiro atoms. The summed E-state index contributed by atoms with van der Waals surface area (Å²) in [7, 11) is 1.23. The average Bonchev–Trinajstić information content (AvgIpc) is 3.61. The van der Waals surface area contributed by atoms with Crippen molar-refractivity contribution in [1.29, 1.82) is 0 Å². The van der Waals surface area contributed by atoms with E-state index in [1.807, 2.05) is 0 Å². The monoisotopic (exact) mass is 418 g/mol. The molecule has 0 aromatic carbocycles. The van der Waals surface area contributed by atoms with E-state index in [1.54, 1.807) is 0 Å². The fourth-order valence-corrected chi connectivity index (χ4v) is 4.83. The Morgan fingerprint density at radius 3 is 2.48 bits per heavy atom. The number of hydrogen-bond acceptors (Lipinski definition) is 12. The minimum atomic E-state index is -1.63. The number of ether oxygens (including phenoxy) is 6. The molecule has 4 heterocycles. The number of aliphatic hydroxyl groups excluding tert-OH is 5. The van der Waals surface area contributed by atoms with Crippen molar-refractivity contribution in [2.24, 2.45) is 11.8 Å². The van der Waals surface area contributed by atoms with Gasteiger partial charge in [-0.15, -0.1) is 0 Å². The van der Waals surface area contributed by atoms with Gasteiger partial charge in [-0.3, -0.25) is 0 Å². The van der Waals surface area contributed by atoms with Crippen LogP contribution in [0.4, 0.5) is 0 Å². The molecule has 162 valence electrons. The first kappa shape index (κ1) is 19.6. The summed E-state index contributed by atoms with van der Waals surface area (Å²) in [5, 5.41) is 49.6. The number of rotatable bonds is 4. The Morgan fingerprint density at radius 2 is 1.86 bits per heavy atom. The SMILES string of the molecule is COC(=O)C1=COC(OC2OC(CO)C(O)C(O)C2O)C2C1C1OC1C21OC1O. The van der Waals surface area contributed by atoms with E-state index in [2.05, 4.69) is 0 Å². The molecule has 1 aliphatic carbocycles. The minimum absolute atomic E-state index is 0.207. The van der Waals surface area contributed by atoms with Crippen LogP contribution in [0.5, 0.6) is 0 Å². The molecular formula is C17H22O12. The molecule has 12 unspecified atom stereocenters. The van der Waals surface area contributed by atoms with Crippen LogP contribution in [0.2, 0.25) is 0 Å². The lowest BCUT2D eigenvalue weighted by Crippen LogP contribution is -2.60. The average molecular weight is 418 g/mol. The first-order valence-electron chi connectivity index (χ1n) is 9.26. The van der Waals surface area contributed by atoms with Crippen molar-refractivity contribution in [2.45, 2.75) is 61.1 Å². The molecule has 0 radical (unpaired) electrons. The molecule has 5 N–H and O–H groups in total. The molecule has 0 aromatic rings. The quantitative estimate of drug-likeness (QED) is 0.223. The predicted octanol–water partition coefficient (Wildman–Crippen LogP) is -3.68. The molecule has 0 aromatic heterocycles. The standard InChI is InChI=1S/C17H22O12/c1-24-13(22)4-3-25-14(7-6(4)11-12(27-11)17(7)16(23)29-17)28-15-10(21)9(20)8(19)5(2-18)26-15/h3,5-12,14-16,18-21,23H,2H2,1H3. The van der Waals surface area contributed by atoms with Crippen LogP contribution < -0.4 is 0 Å². The second kappa shape index (κ2) is 6.57. The number of carbonyl (C=O) groups is 1. The topological polar surface area (TPSA) is 180 Å². The van der Waals surface area contributed by atoms with Crippen LogP contribution in [-0.4, -0.2) is 106 Å². The number of fused-ring (bicyclic) bond motifs is 5. The van der Waals surface area contributed by atoms with E-state index in [4.69, 9.17) is 28.4 Å². The summed E-state index contributed by atoms with van der Waals surface area (Å²) >= 11 is 0. The molecule has 12 atom stereocenters. The van der Waals surface area contributed by atoms with Crippen molar-refractivity contribution in [3.05, 3.63) is 11.8 Å². The van der Waals surface area contributed by atoms with Crippen molar-refractivity contribution >= 4 is 5.97 Å². The first-order chi connectivity index (χ1) is 13.8. The third-order valence-electron chi connectivity index (χ3n) is 6.40. The first-order valence-corrected chi connectivity index (χ1v) is 9.26. The van der Waals surface area contributed by atoms with Gasteiger partial charge < -0.3 is 54.0 Å². The maximum atomic E-state index is 12.2. The highest BCUT2D eigenvalue weighted by molar-refractivity contribution is 5.89. The highest BCUT2D eigenvalue weighted by Gasteiger charge is 2.85. The molecule has 4 fully saturated rings. The Hall–Kier alpha value is -1.35. The second-order valence-corrected chi connectivity index (χ2v) is 7.80. The van der Waals surface area contributed by atoms with Gasteiger partial charge in [-0.2, -0.15) is 0 Å². The van der Waals surface area contributed by atoms with E-state index in [0.29, 0.717) is 0 Å². The van der Waals surface area contributed by atoms with Gasteiger partial charge in [0.15, 0.2) is 18.2 Å². The zero-order valence-electron chi connectivity index (χ0n) is 15.2. The van der Waals surface area contributed by atoms with Gasteiger partial charge >= 0.3 is 5.97 Å². The van der Waals surface area contributed by atoms with Crippen LogP contribution in [0.1, 0.15) is 0 Å². The number of epoxide rings is 2. The highest BCUT2D eigenvalue weighted by Crippen LogP contribution is 2.67. The molecule has 0 bridgehead atoms. The van der Waals surface area contributed by atoms with Gasteiger partial charge in [0.2, 0.25) is 6.29 Å². The molecule has 3 saturated heterocycles. The molecule has 5 rings (SSSR count). The van der Waals surface area contributed by atoms with Gasteiger partial charge in [0, 0.05) is 5.92 Å². The summed E-state index contributed by atoms with van der Waals surface area (Å²) in [6.45, 7) is -0.613. The third-order valence-corrected chi connectivity index (χ3v) is 6.40. The van der Waals surface area contributed by atoms with Crippen LogP contribution in [0.3, 0.4) is 0 Å². The van der Waals surface area contributed by atoms with E-state index in [9.17, 15) is 30.3 Å². The van der Waals surface area contributed by atoms with Crippen LogP contribution >= 0.6 is 0 Å². The zero-order chi connectivity index (χ0) is 20.7. The van der Waals surface area contributed by atoms with Crippen molar-refractivity contribution in [2.75, 3.05) is 13.7 Å². The summed E-state index contributed by atoms with van der Waals surface area (Å²) in [6, 6.07) is 0. The minimum Gasteiger partial charge on any atom is -0.471 e. The Balaban J connectivity index is 1.42. The number of aliphatic hydroxyl groups is 5. The molecule has 4 aliphatic heterocycles. The van der Waals surface area contributed by atoms with E-state index >= 15 is 0 Å². The smallest absolute Gasteiger partial charge is 0.337 e. The van der Waals surface area contributed by atoms with Crippen molar-refractivity contribution in [3.63, 3.8) is 0 Å². The summed E-state index contributed by atoms with van der Waals surface area (Å²) in [6.07, 6.45) is -9.35. The Labute approximate surface area is 164 Å². The van der Waals surface area contributed by atoms with E-state index in [1.165, 1.54) is 13.4 Å². The fraction of sp³-hybridized carbons (Fsp3) is 0.824. The number of esters is 1. The van der Waals surface area contributed by atoms with Crippen molar-refractivity contribution < 1.29 is 58.7 Å². The normalized spacial score (nSPS) is 54.8. The Bertz CT molecular complexity index is 725. The summed E-state index contributed by atoms with van der Waals surface area (Å²) in [5.74, 6) is -1.85. The number of carbonyl (C=O) groups excluding carboxylic acids is 1. The lowest BCUT2D eigenvalue weighted by molar-refractivity contribution is -0.344. The predicted molar refractivity (Wildman–Crippen MR) is 85.3 cm³/mol. The van der Waals surface area contributed by atoms with Crippen LogP contribution in [0.15, 0.2) is 11.8 Å². The fourth-order valence-electron chi connectivity index (χ4n) is 4.83. The maximum absolute atomic E-state index is 12.2. The molecule has 0 amide bonds. The van der Waals surface area contributed by atoms with Gasteiger partial charge in [0.1, 0.15) is 30.5 Å². The van der Waals surface area contributed by atoms with Crippen molar-refractivity contribution in [1.82, 2.24) is 0 Å². The van der Waals surface area contributed by atoms with Gasteiger partial charge in [-0.05, 0) is 0 Å². The highest BCUT2D eigenvalue weighted by atomic mass is 16.8. The van der Waals surface area contributed by atoms with Gasteiger partial charge in [-0.25, -0.2) is 4.79 Å². The van der Waals surface area contributed by atoms with Gasteiger partial charge in [0.05, 0.1) is 37.6 Å². The molecule has 12 heteroatoms. The van der Waals surface area contributed by atoms with E-state index in [0.717, 1.165) is 0 Å². The Morgan fingerprint density at radius 1 is 1.14 bits per heavy atom. The number of methoxy groups -OCH3 is 1. The zero-order valence-corrected chi connectivity index (χ0v) is 15.2. The number of hydrogen-bond donors (Lipinski definition) is 5. The molecule has 29 heavy (non-hydrogen) atoms. The molecule has 12 nitrogen and oxygen atoms in total. The largest absolute Gasteiger partial charge is 0.471 e. The Kier molecular flexibility index (Phi) is 4.44. The lowest BCUT2D eigenvalue weighted by atomic mass is 9.81. The van der Waals surface area contributed by atoms with Crippen molar-refractivity contribution in [3.8, 4) is 0 Å². The maximum Gasteiger partial charge on any atom is 0.337 e. The van der Waals surface area contributed by atoms with Gasteiger partial charge in [-0.1, -0.05) is 0 Å². The van der Waals surface area contributed by atoms with Crippen LogP contribution in [0, 0.1) is 11.8 Å².